The predicted octanol–water partition coefficient (Wildman–Crippen LogP) is 1.86. The van der Waals surface area contributed by atoms with E-state index in [9.17, 15) is 13.2 Å². The molecule has 4 rings (SSSR count). The third kappa shape index (κ3) is 3.57. The summed E-state index contributed by atoms with van der Waals surface area (Å²) in [6, 6.07) is 6.36. The summed E-state index contributed by atoms with van der Waals surface area (Å²) in [4.78, 5) is 19.0. The Hall–Kier alpha value is -2.27. The number of hydrogen-bond donors (Lipinski definition) is 0. The van der Waals surface area contributed by atoms with Crippen LogP contribution in [-0.2, 0) is 34.3 Å². The Kier molecular flexibility index (Phi) is 5.43. The van der Waals surface area contributed by atoms with Gasteiger partial charge in [0.05, 0.1) is 36.9 Å². The number of aromatic nitrogens is 2. The Bertz CT molecular complexity index is 1200. The van der Waals surface area contributed by atoms with Gasteiger partial charge in [0.15, 0.2) is 0 Å². The van der Waals surface area contributed by atoms with Crippen molar-refractivity contribution in [3.05, 3.63) is 51.4 Å². The van der Waals surface area contributed by atoms with E-state index in [-0.39, 0.29) is 17.0 Å². The maximum Gasteiger partial charge on any atom is 0.262 e. The molecule has 0 saturated carbocycles. The highest BCUT2D eigenvalue weighted by Gasteiger charge is 2.31. The number of thiophene rings is 1. The van der Waals surface area contributed by atoms with Gasteiger partial charge in [0, 0.05) is 25.1 Å². The van der Waals surface area contributed by atoms with Crippen LogP contribution in [0, 0.1) is 0 Å². The first-order valence-electron chi connectivity index (χ1n) is 9.08. The van der Waals surface area contributed by atoms with Gasteiger partial charge in [0.25, 0.3) is 5.56 Å². The van der Waals surface area contributed by atoms with Gasteiger partial charge < -0.3 is 9.47 Å². The lowest BCUT2D eigenvalue weighted by Crippen LogP contribution is -2.35. The van der Waals surface area contributed by atoms with Crippen LogP contribution in [0.3, 0.4) is 0 Å². The van der Waals surface area contributed by atoms with E-state index in [0.717, 1.165) is 10.4 Å². The van der Waals surface area contributed by atoms with E-state index in [4.69, 9.17) is 9.47 Å². The topological polar surface area (TPSA) is 90.7 Å². The van der Waals surface area contributed by atoms with E-state index in [1.165, 1.54) is 29.1 Å². The van der Waals surface area contributed by atoms with Gasteiger partial charge in [0.1, 0.15) is 10.6 Å². The molecule has 0 atom stereocenters. The molecule has 0 amide bonds. The Morgan fingerprint density at radius 3 is 2.66 bits per heavy atom. The highest BCUT2D eigenvalue weighted by molar-refractivity contribution is 7.89. The van der Waals surface area contributed by atoms with E-state index >= 15 is 0 Å². The molecule has 1 aliphatic heterocycles. The first kappa shape index (κ1) is 20.0. The van der Waals surface area contributed by atoms with Gasteiger partial charge in [-0.3, -0.25) is 9.36 Å². The van der Waals surface area contributed by atoms with Crippen LogP contribution in [0.1, 0.15) is 10.4 Å². The van der Waals surface area contributed by atoms with Gasteiger partial charge in [0.2, 0.25) is 10.0 Å². The van der Waals surface area contributed by atoms with Gasteiger partial charge in [-0.15, -0.1) is 11.3 Å². The van der Waals surface area contributed by atoms with Crippen molar-refractivity contribution in [2.45, 2.75) is 24.4 Å². The van der Waals surface area contributed by atoms with E-state index < -0.39 is 10.0 Å². The summed E-state index contributed by atoms with van der Waals surface area (Å²) >= 11 is 1.39. The molecule has 0 saturated heterocycles. The Morgan fingerprint density at radius 2 is 1.97 bits per heavy atom. The number of methoxy groups -OCH3 is 2. The number of sulfonamides is 1. The van der Waals surface area contributed by atoms with Crippen molar-refractivity contribution in [2.75, 3.05) is 27.4 Å². The molecule has 8 nitrogen and oxygen atoms in total. The van der Waals surface area contributed by atoms with Gasteiger partial charge in [-0.2, -0.15) is 4.31 Å². The van der Waals surface area contributed by atoms with Gasteiger partial charge in [-0.25, -0.2) is 13.4 Å². The summed E-state index contributed by atoms with van der Waals surface area (Å²) in [6.07, 6.45) is 2.01. The van der Waals surface area contributed by atoms with Crippen LogP contribution >= 0.6 is 11.3 Å². The molecule has 0 radical (unpaired) electrons. The molecule has 2 aromatic heterocycles. The Morgan fingerprint density at radius 1 is 1.21 bits per heavy atom. The molecular formula is C19H21N3O5S2. The summed E-state index contributed by atoms with van der Waals surface area (Å²) in [7, 11) is -0.513. The number of benzene rings is 1. The molecule has 154 valence electrons. The molecule has 0 spiro atoms. The third-order valence-electron chi connectivity index (χ3n) is 5.03. The zero-order chi connectivity index (χ0) is 20.6. The average Bonchev–Trinajstić information content (AvgIpc) is 3.12. The van der Waals surface area contributed by atoms with E-state index in [2.05, 4.69) is 4.98 Å². The summed E-state index contributed by atoms with van der Waals surface area (Å²) in [6.45, 7) is 1.41. The van der Waals surface area contributed by atoms with Crippen LogP contribution < -0.4 is 10.3 Å². The first-order chi connectivity index (χ1) is 14.0. The second-order valence-electron chi connectivity index (χ2n) is 6.68. The van der Waals surface area contributed by atoms with E-state index in [1.54, 1.807) is 35.9 Å². The lowest BCUT2D eigenvalue weighted by Gasteiger charge is -2.26. The minimum absolute atomic E-state index is 0.101. The van der Waals surface area contributed by atoms with Crippen molar-refractivity contribution in [3.8, 4) is 5.75 Å². The second-order valence-corrected chi connectivity index (χ2v) is 9.71. The van der Waals surface area contributed by atoms with Crippen molar-refractivity contribution < 1.29 is 17.9 Å². The average molecular weight is 436 g/mol. The zero-order valence-corrected chi connectivity index (χ0v) is 17.8. The van der Waals surface area contributed by atoms with Crippen LogP contribution in [-0.4, -0.2) is 49.6 Å². The lowest BCUT2D eigenvalue weighted by molar-refractivity contribution is 0.186. The standard InChI is InChI=1S/C19H21N3O5S2/c1-26-10-9-21-12-20-18-17(19(21)23)15-7-8-22(11-16(15)28-18)29(24,25)14-5-3-13(27-2)4-6-14/h3-6,12H,7-11H2,1-2H3. The third-order valence-corrected chi connectivity index (χ3v) is 8.01. The molecule has 29 heavy (non-hydrogen) atoms. The molecule has 0 unspecified atom stereocenters. The van der Waals surface area contributed by atoms with E-state index in [0.29, 0.717) is 42.1 Å². The van der Waals surface area contributed by atoms with Crippen molar-refractivity contribution in [3.63, 3.8) is 0 Å². The molecule has 10 heteroatoms. The van der Waals surface area contributed by atoms with Crippen molar-refractivity contribution in [2.24, 2.45) is 0 Å². The van der Waals surface area contributed by atoms with Gasteiger partial charge >= 0.3 is 0 Å². The highest BCUT2D eigenvalue weighted by Crippen LogP contribution is 2.34. The largest absolute Gasteiger partial charge is 0.497 e. The number of nitrogens with zero attached hydrogens (tertiary/aromatic N) is 3. The number of fused-ring (bicyclic) bond motifs is 3. The summed E-state index contributed by atoms with van der Waals surface area (Å²) in [5.41, 5.74) is 0.812. The quantitative estimate of drug-likeness (QED) is 0.587. The molecular weight excluding hydrogens is 414 g/mol. The maximum absolute atomic E-state index is 13.0. The molecule has 3 aromatic rings. The van der Waals surface area contributed by atoms with Gasteiger partial charge in [-0.05, 0) is 36.2 Å². The van der Waals surface area contributed by atoms with Gasteiger partial charge in [-0.1, -0.05) is 0 Å². The normalized spacial score (nSPS) is 14.8. The molecule has 0 bridgehead atoms. The Balaban J connectivity index is 1.67. The Labute approximate surface area is 172 Å². The number of ether oxygens (including phenoxy) is 2. The fourth-order valence-corrected chi connectivity index (χ4v) is 6.13. The maximum atomic E-state index is 13.0. The fraction of sp³-hybridized carbons (Fsp3) is 0.368. The molecule has 0 aliphatic carbocycles. The smallest absolute Gasteiger partial charge is 0.262 e. The zero-order valence-electron chi connectivity index (χ0n) is 16.1. The summed E-state index contributed by atoms with van der Waals surface area (Å²) < 4.78 is 39.2. The van der Waals surface area contributed by atoms with Crippen LogP contribution in [0.25, 0.3) is 10.2 Å². The molecule has 1 aromatic carbocycles. The molecule has 3 heterocycles. The second kappa shape index (κ2) is 7.86. The van der Waals surface area contributed by atoms with Crippen molar-refractivity contribution in [1.29, 1.82) is 0 Å². The summed E-state index contributed by atoms with van der Waals surface area (Å²) in [5, 5.41) is 0.602. The first-order valence-corrected chi connectivity index (χ1v) is 11.3. The lowest BCUT2D eigenvalue weighted by atomic mass is 10.1. The minimum Gasteiger partial charge on any atom is -0.497 e. The molecule has 0 N–H and O–H groups in total. The monoisotopic (exact) mass is 435 g/mol. The highest BCUT2D eigenvalue weighted by atomic mass is 32.2. The van der Waals surface area contributed by atoms with E-state index in [1.807, 2.05) is 0 Å². The van der Waals surface area contributed by atoms with Crippen molar-refractivity contribution in [1.82, 2.24) is 13.9 Å². The van der Waals surface area contributed by atoms with Crippen LogP contribution in [0.5, 0.6) is 5.75 Å². The van der Waals surface area contributed by atoms with Crippen LogP contribution in [0.2, 0.25) is 0 Å². The minimum atomic E-state index is -3.63. The predicted molar refractivity (Wildman–Crippen MR) is 110 cm³/mol. The number of rotatable bonds is 6. The van der Waals surface area contributed by atoms with Crippen molar-refractivity contribution >= 4 is 31.6 Å². The van der Waals surface area contributed by atoms with Crippen LogP contribution in [0.4, 0.5) is 0 Å². The molecule has 1 aliphatic rings. The number of hydrogen-bond acceptors (Lipinski definition) is 7. The molecule has 0 fully saturated rings. The fourth-order valence-electron chi connectivity index (χ4n) is 3.45. The van der Waals surface area contributed by atoms with Crippen LogP contribution in [0.15, 0.2) is 40.3 Å². The SMILES string of the molecule is COCCn1cnc2sc3c(c2c1=O)CCN(S(=O)(=O)c1ccc(OC)cc1)C3. The summed E-state index contributed by atoms with van der Waals surface area (Å²) in [5.74, 6) is 0.602.